The molecule has 11 heteroatoms. The maximum absolute atomic E-state index is 12.6. The Morgan fingerprint density at radius 1 is 1.37 bits per heavy atom. The summed E-state index contributed by atoms with van der Waals surface area (Å²) in [6.45, 7) is 1.35. The first-order valence-electron chi connectivity index (χ1n) is 8.48. The van der Waals surface area contributed by atoms with E-state index in [4.69, 9.17) is 26.2 Å². The summed E-state index contributed by atoms with van der Waals surface area (Å²) in [6.07, 6.45) is 0.0754. The van der Waals surface area contributed by atoms with Gasteiger partial charge in [-0.1, -0.05) is 23.7 Å². The van der Waals surface area contributed by atoms with E-state index in [2.05, 4.69) is 26.0 Å². The maximum atomic E-state index is 12.6. The number of hydrogen-bond donors (Lipinski definition) is 2. The Morgan fingerprint density at radius 2 is 2.07 bits per heavy atom. The molecule has 0 spiro atoms. The van der Waals surface area contributed by atoms with E-state index in [0.29, 0.717) is 25.6 Å². The average Bonchev–Trinajstić information content (AvgIpc) is 2.72. The number of aliphatic carboxylic acids is 1. The number of methoxy groups -OCH3 is 1. The van der Waals surface area contributed by atoms with Gasteiger partial charge in [-0.2, -0.15) is 5.10 Å². The number of benzene rings is 2. The van der Waals surface area contributed by atoms with Crippen LogP contribution in [0.15, 0.2) is 49.5 Å². The molecule has 0 aliphatic heterocycles. The number of para-hydroxylation sites is 1. The molecule has 0 saturated heterocycles. The Kier molecular flexibility index (Phi) is 6.28. The number of nitrogens with zero attached hydrogens (tertiary/aromatic N) is 2. The number of ether oxygens (including phenoxy) is 2. The first-order chi connectivity index (χ1) is 14.2. The van der Waals surface area contributed by atoms with Crippen LogP contribution in [0.25, 0.3) is 10.9 Å². The van der Waals surface area contributed by atoms with Gasteiger partial charge < -0.3 is 19.6 Å². The van der Waals surface area contributed by atoms with Crippen LogP contribution in [0.5, 0.6) is 11.5 Å². The van der Waals surface area contributed by atoms with Gasteiger partial charge in [0, 0.05) is 10.0 Å². The molecular weight excluding hydrogens is 482 g/mol. The third-order valence-corrected chi connectivity index (χ3v) is 5.56. The number of fused-ring (bicyclic) bond motifs is 1. The molecule has 0 unspecified atom stereocenters. The lowest BCUT2D eigenvalue weighted by molar-refractivity contribution is -0.144. The van der Waals surface area contributed by atoms with E-state index in [1.54, 1.807) is 24.3 Å². The van der Waals surface area contributed by atoms with Crippen LogP contribution in [-0.4, -0.2) is 40.2 Å². The van der Waals surface area contributed by atoms with Gasteiger partial charge in [0.05, 0.1) is 24.2 Å². The number of rotatable bonds is 6. The lowest BCUT2D eigenvalue weighted by Crippen LogP contribution is -2.32. The number of carboxylic acids is 1. The average molecular weight is 497 g/mol. The zero-order valence-corrected chi connectivity index (χ0v) is 18.0. The second-order valence-corrected chi connectivity index (χ2v) is 7.23. The van der Waals surface area contributed by atoms with Crippen molar-refractivity contribution in [3.05, 3.63) is 66.2 Å². The molecule has 30 heavy (non-hydrogen) atoms. The molecule has 0 fully saturated rings. The minimum Gasteiger partial charge on any atom is -0.493 e. The van der Waals surface area contributed by atoms with E-state index >= 15 is 0 Å². The first kappa shape index (κ1) is 21.6. The van der Waals surface area contributed by atoms with Crippen molar-refractivity contribution in [3.8, 4) is 11.5 Å². The standard InChI is InChI=1S/C19H15BrClN3O6/c1-9(18(26)27)30-16-13(29-2)7-10(14(20)15(16)21)8-22-24-17(25)11-5-3-4-6-12(11)23-19(24)28/h3-9H,1-2H3,(H,23,28)(H,26,27)/t9-/m0/s1. The van der Waals surface area contributed by atoms with Gasteiger partial charge in [-0.05, 0) is 41.1 Å². The van der Waals surface area contributed by atoms with Crippen molar-refractivity contribution in [1.29, 1.82) is 0 Å². The number of halogens is 2. The molecule has 1 aromatic heterocycles. The summed E-state index contributed by atoms with van der Waals surface area (Å²) in [6, 6.07) is 8.04. The van der Waals surface area contributed by atoms with E-state index in [-0.39, 0.29) is 16.5 Å². The number of aromatic nitrogens is 2. The fourth-order valence-corrected chi connectivity index (χ4v) is 3.21. The van der Waals surface area contributed by atoms with Crippen LogP contribution in [-0.2, 0) is 4.79 Å². The Hall–Kier alpha value is -3.11. The second-order valence-electron chi connectivity index (χ2n) is 6.06. The predicted molar refractivity (Wildman–Crippen MR) is 115 cm³/mol. The van der Waals surface area contributed by atoms with Gasteiger partial charge in [-0.25, -0.2) is 9.59 Å². The van der Waals surface area contributed by atoms with E-state index in [1.807, 2.05) is 0 Å². The Morgan fingerprint density at radius 3 is 2.73 bits per heavy atom. The summed E-state index contributed by atoms with van der Waals surface area (Å²) in [5.74, 6) is -0.999. The highest BCUT2D eigenvalue weighted by molar-refractivity contribution is 9.10. The Bertz CT molecular complexity index is 1280. The van der Waals surface area contributed by atoms with Crippen LogP contribution in [0.3, 0.4) is 0 Å². The molecule has 2 aromatic carbocycles. The van der Waals surface area contributed by atoms with E-state index in [9.17, 15) is 14.4 Å². The maximum Gasteiger partial charge on any atom is 0.349 e. The number of nitrogens with one attached hydrogen (secondary N) is 1. The molecule has 0 amide bonds. The summed E-state index contributed by atoms with van der Waals surface area (Å²) < 4.78 is 11.6. The number of H-pyrrole nitrogens is 1. The first-order valence-corrected chi connectivity index (χ1v) is 9.65. The summed E-state index contributed by atoms with van der Waals surface area (Å²) in [4.78, 5) is 38.5. The van der Waals surface area contributed by atoms with Crippen molar-refractivity contribution in [2.45, 2.75) is 13.0 Å². The van der Waals surface area contributed by atoms with Crippen molar-refractivity contribution < 1.29 is 19.4 Å². The summed E-state index contributed by atoms with van der Waals surface area (Å²) >= 11 is 9.60. The topological polar surface area (TPSA) is 123 Å². The van der Waals surface area contributed by atoms with Crippen LogP contribution in [0, 0.1) is 0 Å². The molecule has 0 aliphatic rings. The molecule has 0 bridgehead atoms. The van der Waals surface area contributed by atoms with Gasteiger partial charge in [0.1, 0.15) is 5.02 Å². The van der Waals surface area contributed by atoms with Crippen molar-refractivity contribution in [2.75, 3.05) is 7.11 Å². The molecule has 1 atom stereocenters. The van der Waals surface area contributed by atoms with Gasteiger partial charge in [0.25, 0.3) is 5.56 Å². The largest absolute Gasteiger partial charge is 0.493 e. The van der Waals surface area contributed by atoms with Crippen LogP contribution in [0.2, 0.25) is 5.02 Å². The van der Waals surface area contributed by atoms with E-state index < -0.39 is 23.3 Å². The summed E-state index contributed by atoms with van der Waals surface area (Å²) in [5.41, 5.74) is -0.528. The molecular formula is C19H15BrClN3O6. The summed E-state index contributed by atoms with van der Waals surface area (Å²) in [5, 5.41) is 13.4. The predicted octanol–water partition coefficient (Wildman–Crippen LogP) is 2.85. The number of carboxylic acid groups (broad SMARTS) is 1. The fourth-order valence-electron chi connectivity index (χ4n) is 2.57. The smallest absolute Gasteiger partial charge is 0.349 e. The van der Waals surface area contributed by atoms with E-state index in [0.717, 1.165) is 0 Å². The van der Waals surface area contributed by atoms with E-state index in [1.165, 1.54) is 26.3 Å². The quantitative estimate of drug-likeness (QED) is 0.506. The third-order valence-electron chi connectivity index (χ3n) is 4.11. The minimum absolute atomic E-state index is 0.0267. The molecule has 9 nitrogen and oxygen atoms in total. The second kappa shape index (κ2) is 8.72. The lowest BCUT2D eigenvalue weighted by Gasteiger charge is -2.17. The summed E-state index contributed by atoms with van der Waals surface area (Å²) in [7, 11) is 1.36. The van der Waals surface area contributed by atoms with Crippen molar-refractivity contribution in [2.24, 2.45) is 5.10 Å². The number of aromatic amines is 1. The molecule has 3 rings (SSSR count). The normalized spacial score (nSPS) is 12.3. The zero-order valence-electron chi connectivity index (χ0n) is 15.7. The van der Waals surface area contributed by atoms with Crippen LogP contribution >= 0.6 is 27.5 Å². The zero-order chi connectivity index (χ0) is 22.0. The van der Waals surface area contributed by atoms with Crippen molar-refractivity contribution >= 4 is 50.6 Å². The monoisotopic (exact) mass is 495 g/mol. The SMILES string of the molecule is COc1cc(C=Nn2c(=O)[nH]c3ccccc3c2=O)c(Br)c(Cl)c1O[C@@H](C)C(=O)O. The number of hydrogen-bond acceptors (Lipinski definition) is 6. The Balaban J connectivity index is 2.08. The van der Waals surface area contributed by atoms with Gasteiger partial charge >= 0.3 is 11.7 Å². The van der Waals surface area contributed by atoms with Crippen LogP contribution < -0.4 is 20.7 Å². The highest BCUT2D eigenvalue weighted by Gasteiger charge is 2.22. The highest BCUT2D eigenvalue weighted by atomic mass is 79.9. The Labute approximate surface area is 182 Å². The molecule has 0 radical (unpaired) electrons. The van der Waals surface area contributed by atoms with Gasteiger partial charge in [-0.3, -0.25) is 4.79 Å². The number of carbonyl (C=O) groups is 1. The third kappa shape index (κ3) is 4.10. The fraction of sp³-hybridized carbons (Fsp3) is 0.158. The molecule has 2 N–H and O–H groups in total. The highest BCUT2D eigenvalue weighted by Crippen LogP contribution is 2.42. The molecule has 3 aromatic rings. The van der Waals surface area contributed by atoms with Crippen molar-refractivity contribution in [1.82, 2.24) is 9.66 Å². The van der Waals surface area contributed by atoms with Gasteiger partial charge in [-0.15, -0.1) is 4.68 Å². The molecule has 0 aliphatic carbocycles. The van der Waals surface area contributed by atoms with Gasteiger partial charge in [0.2, 0.25) is 0 Å². The lowest BCUT2D eigenvalue weighted by atomic mass is 10.2. The molecule has 156 valence electrons. The molecule has 1 heterocycles. The van der Waals surface area contributed by atoms with Crippen molar-refractivity contribution in [3.63, 3.8) is 0 Å². The molecule has 0 saturated carbocycles. The minimum atomic E-state index is -1.18. The van der Waals surface area contributed by atoms with Gasteiger partial charge in [0.15, 0.2) is 17.6 Å². The van der Waals surface area contributed by atoms with Crippen LogP contribution in [0.1, 0.15) is 12.5 Å². The van der Waals surface area contributed by atoms with Crippen LogP contribution in [0.4, 0.5) is 0 Å².